The fraction of sp³-hybridized carbons (Fsp3) is 0.778. The summed E-state index contributed by atoms with van der Waals surface area (Å²) >= 11 is 0. The van der Waals surface area contributed by atoms with Crippen LogP contribution in [0.3, 0.4) is 0 Å². The molecule has 0 aromatic heterocycles. The van der Waals surface area contributed by atoms with E-state index in [-0.39, 0.29) is 0 Å². The van der Waals surface area contributed by atoms with Crippen molar-refractivity contribution in [2.75, 3.05) is 0 Å². The molecule has 0 N–H and O–H groups in total. The highest BCUT2D eigenvalue weighted by atomic mass is 14.6. The Hall–Kier alpha value is -0.780. The van der Waals surface area contributed by atoms with E-state index >= 15 is 0 Å². The molecule has 0 radical (unpaired) electrons. The molecule has 0 amide bonds. The Morgan fingerprint density at radius 3 is 2.19 bits per heavy atom. The predicted octanol–water partition coefficient (Wildman–Crippen LogP) is 8.50. The Kier molecular flexibility index (Phi) is 7.86. The predicted molar refractivity (Wildman–Crippen MR) is 120 cm³/mol. The zero-order valence-electron chi connectivity index (χ0n) is 18.2. The van der Waals surface area contributed by atoms with Gasteiger partial charge < -0.3 is 0 Å². The Morgan fingerprint density at radius 2 is 1.59 bits per heavy atom. The molecule has 0 aliphatic heterocycles. The van der Waals surface area contributed by atoms with Crippen LogP contribution in [-0.4, -0.2) is 0 Å². The van der Waals surface area contributed by atoms with Gasteiger partial charge in [-0.25, -0.2) is 0 Å². The second-order valence-electron chi connectivity index (χ2n) is 9.81. The molecule has 0 aromatic rings. The zero-order chi connectivity index (χ0) is 19.1. The van der Waals surface area contributed by atoms with Crippen LogP contribution in [0, 0.1) is 35.0 Å². The summed E-state index contributed by atoms with van der Waals surface area (Å²) in [6.07, 6.45) is 30.6. The number of rotatable bonds is 11. The van der Waals surface area contributed by atoms with E-state index in [9.17, 15) is 0 Å². The summed E-state index contributed by atoms with van der Waals surface area (Å²) in [7, 11) is 0. The number of hydrogen-bond donors (Lipinski definition) is 0. The molecule has 3 rings (SSSR count). The summed E-state index contributed by atoms with van der Waals surface area (Å²) in [5.41, 5.74) is 0.615. The standard InChI is InChI=1S/C27H44/c1-4-7-14-22-21-26(25-18-13-12-17-24(22)25)27(19-8-5-2,20-9-6-3)23-15-10-11-16-23/h4,12-13,17-18,22-26H,1,5-11,14-16,19-21H2,2-3H3/t22-,24?,25?,26-/m0/s1. The minimum Gasteiger partial charge on any atom is -0.103 e. The first-order valence-electron chi connectivity index (χ1n) is 12.2. The van der Waals surface area contributed by atoms with Gasteiger partial charge in [-0.2, -0.15) is 0 Å². The largest absolute Gasteiger partial charge is 0.103 e. The topological polar surface area (TPSA) is 0 Å². The van der Waals surface area contributed by atoms with Crippen molar-refractivity contribution in [3.05, 3.63) is 37.0 Å². The minimum atomic E-state index is 0.615. The summed E-state index contributed by atoms with van der Waals surface area (Å²) in [5.74, 6) is 4.39. The van der Waals surface area contributed by atoms with Crippen LogP contribution in [0.4, 0.5) is 0 Å². The van der Waals surface area contributed by atoms with Crippen LogP contribution in [0.5, 0.6) is 0 Å². The molecule has 4 atom stereocenters. The maximum absolute atomic E-state index is 4.01. The average Bonchev–Trinajstić information content (AvgIpc) is 3.36. The third-order valence-electron chi connectivity index (χ3n) is 8.43. The van der Waals surface area contributed by atoms with E-state index in [4.69, 9.17) is 0 Å². The molecule has 0 saturated heterocycles. The summed E-state index contributed by atoms with van der Waals surface area (Å²) in [5, 5.41) is 0. The first kappa shape index (κ1) is 20.9. The summed E-state index contributed by atoms with van der Waals surface area (Å²) in [4.78, 5) is 0. The third kappa shape index (κ3) is 4.46. The van der Waals surface area contributed by atoms with Gasteiger partial charge in [0.05, 0.1) is 0 Å². The molecular formula is C27H44. The van der Waals surface area contributed by atoms with Gasteiger partial charge in [0, 0.05) is 0 Å². The molecule has 2 saturated carbocycles. The van der Waals surface area contributed by atoms with E-state index < -0.39 is 0 Å². The van der Waals surface area contributed by atoms with Crippen molar-refractivity contribution >= 4 is 0 Å². The monoisotopic (exact) mass is 368 g/mol. The highest BCUT2D eigenvalue weighted by Crippen LogP contribution is 2.61. The van der Waals surface area contributed by atoms with Crippen LogP contribution in [0.15, 0.2) is 37.0 Å². The number of allylic oxidation sites excluding steroid dienone is 5. The molecule has 0 heteroatoms. The molecule has 0 heterocycles. The average molecular weight is 369 g/mol. The Bertz CT molecular complexity index is 496. The molecule has 3 aliphatic carbocycles. The van der Waals surface area contributed by atoms with Gasteiger partial charge >= 0.3 is 0 Å². The van der Waals surface area contributed by atoms with Gasteiger partial charge in [-0.15, -0.1) is 6.58 Å². The Balaban J connectivity index is 1.91. The number of unbranched alkanes of at least 4 members (excludes halogenated alkanes) is 2. The van der Waals surface area contributed by atoms with E-state index in [0.29, 0.717) is 5.41 Å². The maximum Gasteiger partial charge on any atom is -0.0131 e. The van der Waals surface area contributed by atoms with Gasteiger partial charge in [0.2, 0.25) is 0 Å². The third-order valence-corrected chi connectivity index (χ3v) is 8.43. The van der Waals surface area contributed by atoms with Gasteiger partial charge in [-0.05, 0) is 80.0 Å². The second kappa shape index (κ2) is 10.1. The zero-order valence-corrected chi connectivity index (χ0v) is 18.2. The molecule has 0 spiro atoms. The Morgan fingerprint density at radius 1 is 0.963 bits per heavy atom. The molecular weight excluding hydrogens is 324 g/mol. The summed E-state index contributed by atoms with van der Waals surface area (Å²) in [6.45, 7) is 8.80. The van der Waals surface area contributed by atoms with E-state index in [1.54, 1.807) is 0 Å². The van der Waals surface area contributed by atoms with Crippen LogP contribution in [0.2, 0.25) is 0 Å². The fourth-order valence-electron chi connectivity index (χ4n) is 7.14. The lowest BCUT2D eigenvalue weighted by Crippen LogP contribution is -2.40. The van der Waals surface area contributed by atoms with Crippen LogP contribution >= 0.6 is 0 Å². The van der Waals surface area contributed by atoms with Crippen LogP contribution in [0.25, 0.3) is 0 Å². The lowest BCUT2D eigenvalue weighted by Gasteiger charge is -2.47. The molecule has 3 aliphatic rings. The lowest BCUT2D eigenvalue weighted by molar-refractivity contribution is 0.0268. The van der Waals surface area contributed by atoms with Crippen LogP contribution in [0.1, 0.15) is 97.3 Å². The van der Waals surface area contributed by atoms with Gasteiger partial charge in [-0.3, -0.25) is 0 Å². The molecule has 0 nitrogen and oxygen atoms in total. The van der Waals surface area contributed by atoms with Crippen LogP contribution < -0.4 is 0 Å². The molecule has 152 valence electrons. The van der Waals surface area contributed by atoms with E-state index in [2.05, 4.69) is 50.8 Å². The van der Waals surface area contributed by atoms with E-state index in [1.165, 1.54) is 83.5 Å². The fourth-order valence-corrected chi connectivity index (χ4v) is 7.14. The second-order valence-corrected chi connectivity index (χ2v) is 9.81. The van der Waals surface area contributed by atoms with Crippen molar-refractivity contribution in [2.24, 2.45) is 35.0 Å². The van der Waals surface area contributed by atoms with E-state index in [0.717, 1.165) is 29.6 Å². The molecule has 27 heavy (non-hydrogen) atoms. The number of fused-ring (bicyclic) bond motifs is 1. The summed E-state index contributed by atoms with van der Waals surface area (Å²) in [6, 6.07) is 0. The molecule has 0 aromatic carbocycles. The SMILES string of the molecule is C=CCC[C@H]1C[C@H](C(CCCC)(CCCC)C2CCCC2)C2C=CC=CC21. The van der Waals surface area contributed by atoms with E-state index in [1.807, 2.05) is 0 Å². The van der Waals surface area contributed by atoms with Crippen molar-refractivity contribution in [3.8, 4) is 0 Å². The van der Waals surface area contributed by atoms with Crippen molar-refractivity contribution in [2.45, 2.75) is 97.3 Å². The van der Waals surface area contributed by atoms with Gasteiger partial charge in [-0.1, -0.05) is 82.8 Å². The Labute approximate surface area is 169 Å². The molecule has 2 fully saturated rings. The van der Waals surface area contributed by atoms with Gasteiger partial charge in [0.1, 0.15) is 0 Å². The first-order chi connectivity index (χ1) is 13.3. The van der Waals surface area contributed by atoms with Crippen molar-refractivity contribution in [1.82, 2.24) is 0 Å². The van der Waals surface area contributed by atoms with Crippen LogP contribution in [-0.2, 0) is 0 Å². The van der Waals surface area contributed by atoms with Crippen molar-refractivity contribution in [3.63, 3.8) is 0 Å². The normalized spacial score (nSPS) is 30.7. The first-order valence-corrected chi connectivity index (χ1v) is 12.2. The highest BCUT2D eigenvalue weighted by Gasteiger charge is 2.53. The van der Waals surface area contributed by atoms with Crippen molar-refractivity contribution in [1.29, 1.82) is 0 Å². The maximum atomic E-state index is 4.01. The minimum absolute atomic E-state index is 0.615. The smallest absolute Gasteiger partial charge is 0.0131 e. The quantitative estimate of drug-likeness (QED) is 0.321. The molecule has 2 unspecified atom stereocenters. The molecule has 0 bridgehead atoms. The lowest BCUT2D eigenvalue weighted by atomic mass is 9.57. The highest BCUT2D eigenvalue weighted by molar-refractivity contribution is 5.21. The number of hydrogen-bond acceptors (Lipinski definition) is 0. The van der Waals surface area contributed by atoms with Gasteiger partial charge in [0.15, 0.2) is 0 Å². The van der Waals surface area contributed by atoms with Crippen molar-refractivity contribution < 1.29 is 0 Å². The van der Waals surface area contributed by atoms with Gasteiger partial charge in [0.25, 0.3) is 0 Å². The summed E-state index contributed by atoms with van der Waals surface area (Å²) < 4.78 is 0.